The van der Waals surface area contributed by atoms with E-state index in [-0.39, 0.29) is 12.6 Å². The molecule has 0 aromatic rings. The predicted molar refractivity (Wildman–Crippen MR) is 69.9 cm³/mol. The minimum atomic E-state index is -0.121. The molecule has 0 spiro atoms. The number of aliphatic hydroxyl groups excluding tert-OH is 1. The normalized spacial score (nSPS) is 10.5. The van der Waals surface area contributed by atoms with E-state index in [9.17, 15) is 4.79 Å². The maximum Gasteiger partial charge on any atom is 0.305 e. The van der Waals surface area contributed by atoms with Crippen molar-refractivity contribution in [2.75, 3.05) is 13.2 Å². The Labute approximate surface area is 106 Å². The highest BCUT2D eigenvalue weighted by atomic mass is 16.5. The standard InChI is InChI=1S/C14H28O3/c1-2-3-4-5-6-7-8-9-11-14(16)17-13-10-12-15/h15H,2-13H2,1H3. The van der Waals surface area contributed by atoms with Crippen LogP contribution in [0.1, 0.15) is 71.1 Å². The van der Waals surface area contributed by atoms with Crippen LogP contribution in [0.4, 0.5) is 0 Å². The minimum absolute atomic E-state index is 0.0883. The molecular weight excluding hydrogens is 216 g/mol. The number of unbranched alkanes of at least 4 members (excludes halogenated alkanes) is 7. The van der Waals surface area contributed by atoms with Gasteiger partial charge < -0.3 is 9.84 Å². The molecule has 102 valence electrons. The van der Waals surface area contributed by atoms with E-state index in [1.165, 1.54) is 38.5 Å². The Kier molecular flexibility index (Phi) is 13.0. The van der Waals surface area contributed by atoms with Gasteiger partial charge >= 0.3 is 5.97 Å². The fourth-order valence-electron chi connectivity index (χ4n) is 1.73. The number of aliphatic hydroxyl groups is 1. The Hall–Kier alpha value is -0.570. The van der Waals surface area contributed by atoms with E-state index in [0.717, 1.165) is 12.8 Å². The van der Waals surface area contributed by atoms with Gasteiger partial charge in [-0.25, -0.2) is 0 Å². The van der Waals surface area contributed by atoms with Crippen LogP contribution in [0.15, 0.2) is 0 Å². The molecule has 0 aromatic carbocycles. The van der Waals surface area contributed by atoms with Crippen LogP contribution in [0.2, 0.25) is 0 Å². The number of carbonyl (C=O) groups is 1. The van der Waals surface area contributed by atoms with E-state index in [2.05, 4.69) is 6.92 Å². The lowest BCUT2D eigenvalue weighted by molar-refractivity contribution is -0.144. The topological polar surface area (TPSA) is 46.5 Å². The monoisotopic (exact) mass is 244 g/mol. The number of rotatable bonds is 12. The van der Waals surface area contributed by atoms with Gasteiger partial charge in [0.1, 0.15) is 0 Å². The molecule has 0 saturated carbocycles. The Bertz CT molecular complexity index is 169. The summed E-state index contributed by atoms with van der Waals surface area (Å²) in [4.78, 5) is 11.2. The molecule has 0 unspecified atom stereocenters. The number of carbonyl (C=O) groups excluding carboxylic acids is 1. The molecule has 0 aliphatic heterocycles. The summed E-state index contributed by atoms with van der Waals surface area (Å²) in [6.45, 7) is 2.67. The molecule has 0 aliphatic carbocycles. The van der Waals surface area contributed by atoms with Gasteiger partial charge in [0.05, 0.1) is 6.61 Å². The first-order chi connectivity index (χ1) is 8.31. The van der Waals surface area contributed by atoms with Gasteiger partial charge in [0.15, 0.2) is 0 Å². The molecular formula is C14H28O3. The van der Waals surface area contributed by atoms with Crippen LogP contribution in [-0.2, 0) is 9.53 Å². The summed E-state index contributed by atoms with van der Waals surface area (Å²) in [6.07, 6.45) is 11.0. The van der Waals surface area contributed by atoms with Gasteiger partial charge in [0.2, 0.25) is 0 Å². The summed E-state index contributed by atoms with van der Waals surface area (Å²) in [5, 5.41) is 8.52. The molecule has 1 N–H and O–H groups in total. The van der Waals surface area contributed by atoms with Crippen molar-refractivity contribution in [3.63, 3.8) is 0 Å². The third kappa shape index (κ3) is 13.4. The third-order valence-electron chi connectivity index (χ3n) is 2.80. The van der Waals surface area contributed by atoms with Gasteiger partial charge in [-0.2, -0.15) is 0 Å². The number of esters is 1. The minimum Gasteiger partial charge on any atom is -0.466 e. The molecule has 0 aliphatic rings. The molecule has 3 heteroatoms. The lowest BCUT2D eigenvalue weighted by Crippen LogP contribution is -2.06. The zero-order chi connectivity index (χ0) is 12.8. The maximum atomic E-state index is 11.2. The first-order valence-corrected chi connectivity index (χ1v) is 7.07. The zero-order valence-electron chi connectivity index (χ0n) is 11.2. The molecule has 17 heavy (non-hydrogen) atoms. The van der Waals surface area contributed by atoms with Crippen LogP contribution in [0.3, 0.4) is 0 Å². The molecule has 0 amide bonds. The van der Waals surface area contributed by atoms with Crippen molar-refractivity contribution in [1.29, 1.82) is 0 Å². The van der Waals surface area contributed by atoms with Crippen molar-refractivity contribution in [1.82, 2.24) is 0 Å². The number of hydrogen-bond acceptors (Lipinski definition) is 3. The quantitative estimate of drug-likeness (QED) is 0.422. The van der Waals surface area contributed by atoms with Crippen molar-refractivity contribution in [2.45, 2.75) is 71.1 Å². The second kappa shape index (κ2) is 13.5. The van der Waals surface area contributed by atoms with Gasteiger partial charge in [-0.3, -0.25) is 4.79 Å². The Morgan fingerprint density at radius 1 is 0.941 bits per heavy atom. The average Bonchev–Trinajstić information content (AvgIpc) is 2.33. The van der Waals surface area contributed by atoms with Crippen LogP contribution < -0.4 is 0 Å². The Morgan fingerprint density at radius 3 is 2.12 bits per heavy atom. The van der Waals surface area contributed by atoms with Gasteiger partial charge in [0.25, 0.3) is 0 Å². The van der Waals surface area contributed by atoms with E-state index < -0.39 is 0 Å². The smallest absolute Gasteiger partial charge is 0.305 e. The molecule has 0 atom stereocenters. The fourth-order valence-corrected chi connectivity index (χ4v) is 1.73. The van der Waals surface area contributed by atoms with E-state index in [1.54, 1.807) is 0 Å². The molecule has 0 saturated heterocycles. The summed E-state index contributed by atoms with van der Waals surface area (Å²) in [6, 6.07) is 0. The van der Waals surface area contributed by atoms with E-state index >= 15 is 0 Å². The number of ether oxygens (including phenoxy) is 1. The zero-order valence-corrected chi connectivity index (χ0v) is 11.2. The lowest BCUT2D eigenvalue weighted by atomic mass is 10.1. The highest BCUT2D eigenvalue weighted by Gasteiger charge is 2.01. The molecule has 0 rings (SSSR count). The highest BCUT2D eigenvalue weighted by Crippen LogP contribution is 2.09. The van der Waals surface area contributed by atoms with Crippen LogP contribution in [0.25, 0.3) is 0 Å². The molecule has 3 nitrogen and oxygen atoms in total. The van der Waals surface area contributed by atoms with Crippen LogP contribution in [0.5, 0.6) is 0 Å². The summed E-state index contributed by atoms with van der Waals surface area (Å²) >= 11 is 0. The van der Waals surface area contributed by atoms with Gasteiger partial charge in [0, 0.05) is 19.4 Å². The van der Waals surface area contributed by atoms with Crippen LogP contribution >= 0.6 is 0 Å². The van der Waals surface area contributed by atoms with Crippen molar-refractivity contribution in [2.24, 2.45) is 0 Å². The van der Waals surface area contributed by atoms with Gasteiger partial charge in [-0.1, -0.05) is 51.9 Å². The average molecular weight is 244 g/mol. The van der Waals surface area contributed by atoms with Crippen molar-refractivity contribution < 1.29 is 14.6 Å². The van der Waals surface area contributed by atoms with Gasteiger partial charge in [-0.05, 0) is 6.42 Å². The Balaban J connectivity index is 3.08. The molecule has 0 heterocycles. The molecule has 0 aromatic heterocycles. The largest absolute Gasteiger partial charge is 0.466 e. The van der Waals surface area contributed by atoms with E-state index in [4.69, 9.17) is 9.84 Å². The summed E-state index contributed by atoms with van der Waals surface area (Å²) < 4.78 is 4.94. The SMILES string of the molecule is CCCCCCCCCCC(=O)OCCCO. The predicted octanol–water partition coefficient (Wildman–Crippen LogP) is 3.44. The first kappa shape index (κ1) is 16.4. The highest BCUT2D eigenvalue weighted by molar-refractivity contribution is 5.69. The second-order valence-electron chi connectivity index (χ2n) is 4.52. The summed E-state index contributed by atoms with van der Waals surface area (Å²) in [5.74, 6) is -0.121. The summed E-state index contributed by atoms with van der Waals surface area (Å²) in [7, 11) is 0. The van der Waals surface area contributed by atoms with Crippen molar-refractivity contribution in [3.8, 4) is 0 Å². The number of hydrogen-bond donors (Lipinski definition) is 1. The lowest BCUT2D eigenvalue weighted by Gasteiger charge is -2.03. The van der Waals surface area contributed by atoms with Crippen molar-refractivity contribution >= 4 is 5.97 Å². The van der Waals surface area contributed by atoms with E-state index in [0.29, 0.717) is 19.4 Å². The molecule has 0 radical (unpaired) electrons. The van der Waals surface area contributed by atoms with Crippen LogP contribution in [-0.4, -0.2) is 24.3 Å². The molecule has 0 fully saturated rings. The second-order valence-corrected chi connectivity index (χ2v) is 4.52. The summed E-state index contributed by atoms with van der Waals surface area (Å²) in [5.41, 5.74) is 0. The fraction of sp³-hybridized carbons (Fsp3) is 0.929. The van der Waals surface area contributed by atoms with Gasteiger partial charge in [-0.15, -0.1) is 0 Å². The maximum absolute atomic E-state index is 11.2. The Morgan fingerprint density at radius 2 is 1.53 bits per heavy atom. The third-order valence-corrected chi connectivity index (χ3v) is 2.80. The molecule has 0 bridgehead atoms. The van der Waals surface area contributed by atoms with Crippen molar-refractivity contribution in [3.05, 3.63) is 0 Å². The first-order valence-electron chi connectivity index (χ1n) is 7.07. The van der Waals surface area contributed by atoms with Crippen LogP contribution in [0, 0.1) is 0 Å². The van der Waals surface area contributed by atoms with E-state index in [1.807, 2.05) is 0 Å².